The largest absolute Gasteiger partial charge is 0.453 e. The Balaban J connectivity index is 2.04. The molecule has 2 amide bonds. The van der Waals surface area contributed by atoms with Gasteiger partial charge in [-0.3, -0.25) is 4.79 Å². The number of amides is 2. The number of nitrogens with zero attached hydrogens (tertiary/aromatic N) is 1. The Labute approximate surface area is 212 Å². The number of hydrogen-bond acceptors (Lipinski definition) is 5. The maximum absolute atomic E-state index is 15.5. The summed E-state index contributed by atoms with van der Waals surface area (Å²) in [5, 5.41) is 15.0. The van der Waals surface area contributed by atoms with E-state index in [0.29, 0.717) is 55.6 Å². The third-order valence-electron chi connectivity index (χ3n) is 7.09. The molecule has 0 spiro atoms. The summed E-state index contributed by atoms with van der Waals surface area (Å²) in [5.74, 6) is -0.905. The number of carbonyl (C=O) groups is 2. The van der Waals surface area contributed by atoms with E-state index < -0.39 is 23.6 Å². The second-order valence-corrected chi connectivity index (χ2v) is 9.57. The summed E-state index contributed by atoms with van der Waals surface area (Å²) in [5.41, 5.74) is 7.06. The summed E-state index contributed by atoms with van der Waals surface area (Å²) in [6.07, 6.45) is 2.35. The monoisotopic (exact) mass is 499 g/mol. The van der Waals surface area contributed by atoms with Crippen molar-refractivity contribution in [1.82, 2.24) is 10.2 Å². The standard InChI is InChI=1S/C28H38FN3O4/c1-4-20-9-5-10-21(17-20)25-23(12-6-13-24(25)29)28(35,14-8-15-31-27(34)36-3)22-11-7-16-32(18-22)26(33)19(2)30/h5-6,9-10,12-13,17,19,22,35H,4,7-8,11,14-16,18,30H2,1-3H3,(H,31,34)/t19-,22?,28?/m0/s1. The summed E-state index contributed by atoms with van der Waals surface area (Å²) in [7, 11) is 1.29. The van der Waals surface area contributed by atoms with Crippen LogP contribution in [0.2, 0.25) is 0 Å². The molecule has 3 atom stereocenters. The average molecular weight is 500 g/mol. The molecule has 7 nitrogen and oxygen atoms in total. The van der Waals surface area contributed by atoms with E-state index >= 15 is 4.39 Å². The van der Waals surface area contributed by atoms with Gasteiger partial charge in [0.15, 0.2) is 0 Å². The van der Waals surface area contributed by atoms with Gasteiger partial charge in [-0.25, -0.2) is 9.18 Å². The molecule has 196 valence electrons. The zero-order valence-corrected chi connectivity index (χ0v) is 21.4. The van der Waals surface area contributed by atoms with Crippen molar-refractivity contribution in [2.24, 2.45) is 11.7 Å². The average Bonchev–Trinajstić information content (AvgIpc) is 2.90. The molecule has 2 aromatic rings. The number of carbonyl (C=O) groups excluding carboxylic acids is 2. The van der Waals surface area contributed by atoms with Crippen molar-refractivity contribution >= 4 is 12.0 Å². The number of piperidine rings is 1. The fourth-order valence-corrected chi connectivity index (χ4v) is 5.16. The third kappa shape index (κ3) is 6.23. The number of alkyl carbamates (subject to hydrolysis) is 1. The molecule has 0 bridgehead atoms. The Kier molecular flexibility index (Phi) is 9.45. The molecule has 2 aromatic carbocycles. The Morgan fingerprint density at radius 2 is 2.06 bits per heavy atom. The molecule has 1 saturated heterocycles. The lowest BCUT2D eigenvalue weighted by atomic mass is 9.72. The molecule has 0 radical (unpaired) electrons. The quantitative estimate of drug-likeness (QED) is 0.453. The van der Waals surface area contributed by atoms with Crippen LogP contribution in [-0.2, 0) is 21.6 Å². The van der Waals surface area contributed by atoms with Gasteiger partial charge in [0, 0.05) is 31.1 Å². The molecule has 2 unspecified atom stereocenters. The van der Waals surface area contributed by atoms with E-state index in [-0.39, 0.29) is 18.2 Å². The molecule has 1 fully saturated rings. The molecule has 1 heterocycles. The van der Waals surface area contributed by atoms with Crippen LogP contribution in [0.1, 0.15) is 50.7 Å². The second-order valence-electron chi connectivity index (χ2n) is 9.57. The van der Waals surface area contributed by atoms with E-state index in [1.54, 1.807) is 24.0 Å². The van der Waals surface area contributed by atoms with Crippen molar-refractivity contribution < 1.29 is 23.8 Å². The maximum Gasteiger partial charge on any atom is 0.406 e. The number of nitrogens with two attached hydrogens (primary N) is 1. The van der Waals surface area contributed by atoms with Crippen LogP contribution in [0.3, 0.4) is 0 Å². The maximum atomic E-state index is 15.5. The Hall–Kier alpha value is -2.97. The van der Waals surface area contributed by atoms with Crippen LogP contribution in [0.4, 0.5) is 9.18 Å². The number of halogens is 1. The minimum atomic E-state index is -1.44. The minimum Gasteiger partial charge on any atom is -0.453 e. The fraction of sp³-hybridized carbons (Fsp3) is 0.500. The summed E-state index contributed by atoms with van der Waals surface area (Å²) < 4.78 is 20.1. The summed E-state index contributed by atoms with van der Waals surface area (Å²) in [6, 6.07) is 11.9. The van der Waals surface area contributed by atoms with E-state index in [9.17, 15) is 14.7 Å². The molecular formula is C28H38FN3O4. The Bertz CT molecular complexity index is 1060. The van der Waals surface area contributed by atoms with Crippen LogP contribution in [0.25, 0.3) is 11.1 Å². The van der Waals surface area contributed by atoms with E-state index in [1.165, 1.54) is 13.2 Å². The minimum absolute atomic E-state index is 0.162. The van der Waals surface area contributed by atoms with Crippen molar-refractivity contribution in [1.29, 1.82) is 0 Å². The number of rotatable bonds is 9. The van der Waals surface area contributed by atoms with Crippen molar-refractivity contribution in [3.63, 3.8) is 0 Å². The number of methoxy groups -OCH3 is 1. The van der Waals surface area contributed by atoms with Gasteiger partial charge in [0.05, 0.1) is 18.8 Å². The van der Waals surface area contributed by atoms with Crippen molar-refractivity contribution in [2.75, 3.05) is 26.7 Å². The SMILES string of the molecule is CCc1cccc(-c2c(F)cccc2C(O)(CCCNC(=O)OC)C2CCCN(C(=O)[C@H](C)N)C2)c1. The zero-order chi connectivity index (χ0) is 26.3. The van der Waals surface area contributed by atoms with Crippen LogP contribution < -0.4 is 11.1 Å². The van der Waals surface area contributed by atoms with Gasteiger partial charge in [0.2, 0.25) is 5.91 Å². The molecular weight excluding hydrogens is 461 g/mol. The van der Waals surface area contributed by atoms with Gasteiger partial charge in [0.25, 0.3) is 0 Å². The van der Waals surface area contributed by atoms with Crippen LogP contribution in [-0.4, -0.2) is 54.8 Å². The highest BCUT2D eigenvalue weighted by Crippen LogP contribution is 2.44. The first-order valence-corrected chi connectivity index (χ1v) is 12.7. The van der Waals surface area contributed by atoms with E-state index in [0.717, 1.165) is 12.0 Å². The number of aryl methyl sites for hydroxylation is 1. The highest BCUT2D eigenvalue weighted by molar-refractivity contribution is 5.81. The second kappa shape index (κ2) is 12.3. The van der Waals surface area contributed by atoms with Gasteiger partial charge in [-0.05, 0) is 61.8 Å². The van der Waals surface area contributed by atoms with Gasteiger partial charge >= 0.3 is 6.09 Å². The number of likely N-dealkylation sites (tertiary alicyclic amines) is 1. The van der Waals surface area contributed by atoms with Crippen molar-refractivity contribution in [2.45, 2.75) is 57.6 Å². The number of benzene rings is 2. The predicted molar refractivity (Wildman–Crippen MR) is 138 cm³/mol. The van der Waals surface area contributed by atoms with Gasteiger partial charge in [-0.1, -0.05) is 43.3 Å². The predicted octanol–water partition coefficient (Wildman–Crippen LogP) is 3.96. The summed E-state index contributed by atoms with van der Waals surface area (Å²) in [4.78, 5) is 25.9. The lowest BCUT2D eigenvalue weighted by molar-refractivity contribution is -0.137. The zero-order valence-electron chi connectivity index (χ0n) is 21.4. The van der Waals surface area contributed by atoms with Crippen LogP contribution >= 0.6 is 0 Å². The highest BCUT2D eigenvalue weighted by atomic mass is 19.1. The first-order valence-electron chi connectivity index (χ1n) is 12.7. The Morgan fingerprint density at radius 3 is 2.75 bits per heavy atom. The lowest BCUT2D eigenvalue weighted by Crippen LogP contribution is -2.51. The summed E-state index contributed by atoms with van der Waals surface area (Å²) >= 11 is 0. The molecule has 36 heavy (non-hydrogen) atoms. The molecule has 4 N–H and O–H groups in total. The number of nitrogens with one attached hydrogen (secondary N) is 1. The van der Waals surface area contributed by atoms with Crippen LogP contribution in [0.15, 0.2) is 42.5 Å². The van der Waals surface area contributed by atoms with Gasteiger partial charge in [-0.15, -0.1) is 0 Å². The van der Waals surface area contributed by atoms with E-state index in [1.807, 2.05) is 31.2 Å². The van der Waals surface area contributed by atoms with Crippen molar-refractivity contribution in [3.8, 4) is 11.1 Å². The number of hydrogen-bond donors (Lipinski definition) is 3. The molecule has 0 aromatic heterocycles. The van der Waals surface area contributed by atoms with Gasteiger partial charge in [-0.2, -0.15) is 0 Å². The molecule has 8 heteroatoms. The number of ether oxygens (including phenoxy) is 1. The highest BCUT2D eigenvalue weighted by Gasteiger charge is 2.43. The van der Waals surface area contributed by atoms with Gasteiger partial charge in [0.1, 0.15) is 5.82 Å². The first kappa shape index (κ1) is 27.6. The Morgan fingerprint density at radius 1 is 1.31 bits per heavy atom. The first-order chi connectivity index (χ1) is 17.2. The lowest BCUT2D eigenvalue weighted by Gasteiger charge is -2.44. The normalized spacial score (nSPS) is 18.3. The summed E-state index contributed by atoms with van der Waals surface area (Å²) in [6.45, 7) is 4.89. The third-order valence-corrected chi connectivity index (χ3v) is 7.09. The van der Waals surface area contributed by atoms with Crippen LogP contribution in [0, 0.1) is 11.7 Å². The van der Waals surface area contributed by atoms with E-state index in [2.05, 4.69) is 10.1 Å². The molecule has 1 aliphatic rings. The van der Waals surface area contributed by atoms with Gasteiger partial charge < -0.3 is 25.8 Å². The molecule has 0 saturated carbocycles. The number of aliphatic hydroxyl groups is 1. The van der Waals surface area contributed by atoms with E-state index in [4.69, 9.17) is 5.73 Å². The van der Waals surface area contributed by atoms with Crippen LogP contribution in [0.5, 0.6) is 0 Å². The van der Waals surface area contributed by atoms with Crippen molar-refractivity contribution in [3.05, 3.63) is 59.4 Å². The topological polar surface area (TPSA) is 105 Å². The molecule has 1 aliphatic heterocycles. The fourth-order valence-electron chi connectivity index (χ4n) is 5.16. The molecule has 0 aliphatic carbocycles. The smallest absolute Gasteiger partial charge is 0.406 e. The molecule has 3 rings (SSSR count).